The number of anilines is 2. The maximum absolute atomic E-state index is 5.72. The SMILES string of the molecule is CNc1cc(C)nc(Cl)c1N. The van der Waals surface area contributed by atoms with Crippen LogP contribution in [0.25, 0.3) is 0 Å². The van der Waals surface area contributed by atoms with Crippen LogP contribution in [0.4, 0.5) is 11.4 Å². The third kappa shape index (κ3) is 1.54. The molecule has 1 rings (SSSR count). The summed E-state index contributed by atoms with van der Waals surface area (Å²) in [4.78, 5) is 3.98. The molecule has 1 heterocycles. The Morgan fingerprint density at radius 3 is 2.82 bits per heavy atom. The standard InChI is InChI=1S/C7H10ClN3/c1-4-3-5(10-2)6(9)7(8)11-4/h3H,9H2,1-2H3,(H,10,11). The number of aromatic nitrogens is 1. The zero-order valence-corrected chi connectivity index (χ0v) is 7.24. The molecule has 1 aromatic heterocycles. The highest BCUT2D eigenvalue weighted by Gasteiger charge is 2.03. The van der Waals surface area contributed by atoms with Crippen LogP contribution in [0.3, 0.4) is 0 Å². The lowest BCUT2D eigenvalue weighted by molar-refractivity contribution is 1.20. The van der Waals surface area contributed by atoms with Crippen molar-refractivity contribution in [2.24, 2.45) is 0 Å². The first kappa shape index (κ1) is 8.14. The van der Waals surface area contributed by atoms with E-state index in [1.54, 1.807) is 7.05 Å². The smallest absolute Gasteiger partial charge is 0.154 e. The van der Waals surface area contributed by atoms with Gasteiger partial charge in [0, 0.05) is 12.7 Å². The minimum atomic E-state index is 0.356. The summed E-state index contributed by atoms with van der Waals surface area (Å²) in [6.45, 7) is 1.87. The predicted octanol–water partition coefficient (Wildman–Crippen LogP) is 1.67. The number of aryl methyl sites for hydroxylation is 1. The molecule has 3 N–H and O–H groups in total. The average Bonchev–Trinajstić information content (AvgIpc) is 1.96. The molecule has 0 aliphatic heterocycles. The van der Waals surface area contributed by atoms with Gasteiger partial charge in [0.05, 0.1) is 11.4 Å². The summed E-state index contributed by atoms with van der Waals surface area (Å²) in [5.41, 5.74) is 7.78. The van der Waals surface area contributed by atoms with Gasteiger partial charge in [0.2, 0.25) is 0 Å². The van der Waals surface area contributed by atoms with E-state index in [9.17, 15) is 0 Å². The Morgan fingerprint density at radius 2 is 2.27 bits per heavy atom. The molecule has 0 radical (unpaired) electrons. The fourth-order valence-corrected chi connectivity index (χ4v) is 1.09. The Hall–Kier alpha value is -0.960. The maximum atomic E-state index is 5.72. The van der Waals surface area contributed by atoms with Gasteiger partial charge in [-0.1, -0.05) is 11.6 Å². The normalized spacial score (nSPS) is 9.73. The van der Waals surface area contributed by atoms with Crippen molar-refractivity contribution in [2.45, 2.75) is 6.92 Å². The summed E-state index contributed by atoms with van der Waals surface area (Å²) in [6.07, 6.45) is 0. The molecule has 1 aromatic rings. The molecule has 4 heteroatoms. The number of nitrogens with one attached hydrogen (secondary N) is 1. The van der Waals surface area contributed by atoms with Crippen LogP contribution in [0, 0.1) is 6.92 Å². The van der Waals surface area contributed by atoms with Gasteiger partial charge < -0.3 is 11.1 Å². The van der Waals surface area contributed by atoms with Crippen LogP contribution in [0.1, 0.15) is 5.69 Å². The molecule has 60 valence electrons. The third-order valence-corrected chi connectivity index (χ3v) is 1.70. The molecule has 0 aliphatic rings. The summed E-state index contributed by atoms with van der Waals surface area (Å²) in [5, 5.41) is 3.28. The molecule has 0 unspecified atom stereocenters. The maximum Gasteiger partial charge on any atom is 0.154 e. The first-order valence-electron chi connectivity index (χ1n) is 3.25. The van der Waals surface area contributed by atoms with Gasteiger partial charge in [-0.2, -0.15) is 0 Å². The number of hydrogen-bond donors (Lipinski definition) is 2. The molecule has 0 atom stereocenters. The zero-order valence-electron chi connectivity index (χ0n) is 6.48. The van der Waals surface area contributed by atoms with Crippen molar-refractivity contribution in [3.8, 4) is 0 Å². The van der Waals surface area contributed by atoms with Gasteiger partial charge in [0.15, 0.2) is 5.15 Å². The minimum Gasteiger partial charge on any atom is -0.395 e. The van der Waals surface area contributed by atoms with Crippen molar-refractivity contribution in [1.29, 1.82) is 0 Å². The summed E-state index contributed by atoms with van der Waals surface area (Å²) >= 11 is 5.72. The molecule has 11 heavy (non-hydrogen) atoms. The van der Waals surface area contributed by atoms with Gasteiger partial charge in [-0.3, -0.25) is 0 Å². The van der Waals surface area contributed by atoms with Crippen molar-refractivity contribution in [1.82, 2.24) is 4.98 Å². The number of pyridine rings is 1. The Balaban J connectivity index is 3.24. The fraction of sp³-hybridized carbons (Fsp3) is 0.286. The Labute approximate surface area is 70.6 Å². The van der Waals surface area contributed by atoms with Crippen molar-refractivity contribution in [3.63, 3.8) is 0 Å². The van der Waals surface area contributed by atoms with E-state index in [-0.39, 0.29) is 0 Å². The molecule has 0 saturated heterocycles. The van der Waals surface area contributed by atoms with Crippen LogP contribution in [0.15, 0.2) is 6.07 Å². The predicted molar refractivity (Wildman–Crippen MR) is 47.9 cm³/mol. The molecular weight excluding hydrogens is 162 g/mol. The van der Waals surface area contributed by atoms with Gasteiger partial charge in [-0.25, -0.2) is 4.98 Å². The second-order valence-electron chi connectivity index (χ2n) is 2.27. The van der Waals surface area contributed by atoms with E-state index < -0.39 is 0 Å². The molecule has 0 aromatic carbocycles. The number of nitrogens with two attached hydrogens (primary N) is 1. The Kier molecular flexibility index (Phi) is 2.19. The molecule has 0 bridgehead atoms. The molecular formula is C7H10ClN3. The Bertz CT molecular complexity index is 273. The van der Waals surface area contributed by atoms with Crippen LogP contribution in [0.2, 0.25) is 5.15 Å². The third-order valence-electron chi connectivity index (χ3n) is 1.41. The van der Waals surface area contributed by atoms with Gasteiger partial charge >= 0.3 is 0 Å². The average molecular weight is 172 g/mol. The number of halogens is 1. The number of rotatable bonds is 1. The minimum absolute atomic E-state index is 0.356. The van der Waals surface area contributed by atoms with Gasteiger partial charge in [0.25, 0.3) is 0 Å². The highest BCUT2D eigenvalue weighted by atomic mass is 35.5. The van der Waals surface area contributed by atoms with E-state index in [0.29, 0.717) is 10.8 Å². The first-order chi connectivity index (χ1) is 5.15. The van der Waals surface area contributed by atoms with Crippen molar-refractivity contribution in [2.75, 3.05) is 18.1 Å². The molecule has 0 saturated carbocycles. The topological polar surface area (TPSA) is 50.9 Å². The van der Waals surface area contributed by atoms with Crippen LogP contribution in [0.5, 0.6) is 0 Å². The molecule has 0 aliphatic carbocycles. The largest absolute Gasteiger partial charge is 0.395 e. The number of nitrogens with zero attached hydrogens (tertiary/aromatic N) is 1. The highest BCUT2D eigenvalue weighted by Crippen LogP contribution is 2.25. The first-order valence-corrected chi connectivity index (χ1v) is 3.63. The fourth-order valence-electron chi connectivity index (χ4n) is 0.852. The highest BCUT2D eigenvalue weighted by molar-refractivity contribution is 6.32. The van der Waals surface area contributed by atoms with E-state index in [2.05, 4.69) is 10.3 Å². The second-order valence-corrected chi connectivity index (χ2v) is 2.62. The molecule has 0 fully saturated rings. The van der Waals surface area contributed by atoms with Gasteiger partial charge in [0.1, 0.15) is 0 Å². The van der Waals surface area contributed by atoms with Crippen LogP contribution < -0.4 is 11.1 Å². The number of nitrogen functional groups attached to an aromatic ring is 1. The monoisotopic (exact) mass is 171 g/mol. The molecule has 0 amide bonds. The lowest BCUT2D eigenvalue weighted by Crippen LogP contribution is -1.99. The quantitative estimate of drug-likeness (QED) is 0.632. The van der Waals surface area contributed by atoms with Crippen LogP contribution in [-0.2, 0) is 0 Å². The van der Waals surface area contributed by atoms with Gasteiger partial charge in [-0.15, -0.1) is 0 Å². The van der Waals surface area contributed by atoms with Crippen LogP contribution >= 0.6 is 11.6 Å². The van der Waals surface area contributed by atoms with E-state index in [0.717, 1.165) is 11.4 Å². The second kappa shape index (κ2) is 2.96. The summed E-state index contributed by atoms with van der Waals surface area (Å²) in [7, 11) is 1.79. The van der Waals surface area contributed by atoms with E-state index in [4.69, 9.17) is 17.3 Å². The van der Waals surface area contributed by atoms with Crippen molar-refractivity contribution >= 4 is 23.0 Å². The zero-order chi connectivity index (χ0) is 8.43. The molecule has 3 nitrogen and oxygen atoms in total. The lowest BCUT2D eigenvalue weighted by Gasteiger charge is -2.06. The summed E-state index contributed by atoms with van der Waals surface area (Å²) < 4.78 is 0. The number of hydrogen-bond acceptors (Lipinski definition) is 3. The van der Waals surface area contributed by atoms with E-state index in [1.165, 1.54) is 0 Å². The Morgan fingerprint density at radius 1 is 1.64 bits per heavy atom. The van der Waals surface area contributed by atoms with Gasteiger partial charge in [-0.05, 0) is 13.0 Å². The lowest BCUT2D eigenvalue weighted by atomic mass is 10.3. The van der Waals surface area contributed by atoms with E-state index in [1.807, 2.05) is 13.0 Å². The molecule has 0 spiro atoms. The van der Waals surface area contributed by atoms with Crippen LogP contribution in [-0.4, -0.2) is 12.0 Å². The van der Waals surface area contributed by atoms with Crippen molar-refractivity contribution in [3.05, 3.63) is 16.9 Å². The summed E-state index contributed by atoms with van der Waals surface area (Å²) in [5.74, 6) is 0. The van der Waals surface area contributed by atoms with Crippen molar-refractivity contribution < 1.29 is 0 Å². The van der Waals surface area contributed by atoms with E-state index >= 15 is 0 Å². The summed E-state index contributed by atoms with van der Waals surface area (Å²) in [6, 6.07) is 1.85.